The van der Waals surface area contributed by atoms with Gasteiger partial charge in [-0.3, -0.25) is 0 Å². The molecule has 0 bridgehead atoms. The Kier molecular flexibility index (Phi) is 3.98. The van der Waals surface area contributed by atoms with Gasteiger partial charge >= 0.3 is 0 Å². The highest BCUT2D eigenvalue weighted by atomic mass is 19.1. The van der Waals surface area contributed by atoms with Crippen LogP contribution in [0.15, 0.2) is 18.2 Å². The molecule has 112 valence electrons. The summed E-state index contributed by atoms with van der Waals surface area (Å²) in [6.07, 6.45) is 1.12. The van der Waals surface area contributed by atoms with Crippen molar-refractivity contribution in [2.24, 2.45) is 16.7 Å². The van der Waals surface area contributed by atoms with E-state index in [-0.39, 0.29) is 5.82 Å². The molecule has 0 spiro atoms. The third-order valence-electron chi connectivity index (χ3n) is 5.65. The average molecular weight is 277 g/mol. The molecule has 0 radical (unpaired) electrons. The number of hydrogen-bond acceptors (Lipinski definition) is 1. The van der Waals surface area contributed by atoms with E-state index in [9.17, 15) is 4.39 Å². The Morgan fingerprint density at radius 2 is 1.80 bits per heavy atom. The first-order valence-electron chi connectivity index (χ1n) is 7.73. The van der Waals surface area contributed by atoms with Crippen molar-refractivity contribution in [2.75, 3.05) is 6.54 Å². The molecule has 0 heterocycles. The van der Waals surface area contributed by atoms with E-state index in [0.29, 0.717) is 22.8 Å². The van der Waals surface area contributed by atoms with Gasteiger partial charge in [-0.05, 0) is 59.9 Å². The fraction of sp³-hybridized carbons (Fsp3) is 0.667. The Hall–Kier alpha value is -0.890. The van der Waals surface area contributed by atoms with Crippen LogP contribution in [0.25, 0.3) is 0 Å². The van der Waals surface area contributed by atoms with Crippen molar-refractivity contribution in [3.8, 4) is 0 Å². The van der Waals surface area contributed by atoms with Gasteiger partial charge in [-0.15, -0.1) is 0 Å². The molecule has 1 unspecified atom stereocenters. The van der Waals surface area contributed by atoms with Gasteiger partial charge in [0.15, 0.2) is 0 Å². The first-order valence-corrected chi connectivity index (χ1v) is 7.73. The number of halogens is 1. The molecule has 0 saturated heterocycles. The lowest BCUT2D eigenvalue weighted by atomic mass is 9.93. The topological polar surface area (TPSA) is 12.0 Å². The van der Waals surface area contributed by atoms with Crippen LogP contribution >= 0.6 is 0 Å². The Labute approximate surface area is 123 Å². The van der Waals surface area contributed by atoms with Crippen LogP contribution < -0.4 is 5.32 Å². The molecule has 1 aromatic rings. The molecule has 1 aliphatic rings. The van der Waals surface area contributed by atoms with Gasteiger partial charge in [0.2, 0.25) is 0 Å². The largest absolute Gasteiger partial charge is 0.310 e. The van der Waals surface area contributed by atoms with Gasteiger partial charge in [0, 0.05) is 6.04 Å². The van der Waals surface area contributed by atoms with Crippen molar-refractivity contribution in [1.82, 2.24) is 5.32 Å². The molecule has 20 heavy (non-hydrogen) atoms. The van der Waals surface area contributed by atoms with Crippen LogP contribution in [-0.4, -0.2) is 6.54 Å². The molecule has 1 nitrogen and oxygen atoms in total. The lowest BCUT2D eigenvalue weighted by molar-refractivity contribution is 0.408. The number of rotatable bonds is 5. The molecule has 1 N–H and O–H groups in total. The van der Waals surface area contributed by atoms with E-state index in [1.54, 1.807) is 12.1 Å². The number of hydrogen-bond donors (Lipinski definition) is 1. The van der Waals surface area contributed by atoms with Crippen LogP contribution in [0, 0.1) is 29.5 Å². The van der Waals surface area contributed by atoms with Crippen LogP contribution in [0.3, 0.4) is 0 Å². The van der Waals surface area contributed by atoms with Gasteiger partial charge in [-0.1, -0.05) is 40.7 Å². The summed E-state index contributed by atoms with van der Waals surface area (Å²) in [5, 5.41) is 3.70. The molecule has 1 atom stereocenters. The van der Waals surface area contributed by atoms with Gasteiger partial charge in [0.25, 0.3) is 0 Å². The highest BCUT2D eigenvalue weighted by molar-refractivity contribution is 5.34. The smallest absolute Gasteiger partial charge is 0.123 e. The maximum atomic E-state index is 13.4. The van der Waals surface area contributed by atoms with Gasteiger partial charge in [-0.25, -0.2) is 4.39 Å². The number of aryl methyl sites for hydroxylation is 1. The van der Waals surface area contributed by atoms with E-state index in [0.717, 1.165) is 18.5 Å². The van der Waals surface area contributed by atoms with E-state index in [1.165, 1.54) is 5.56 Å². The molecule has 1 aliphatic carbocycles. The minimum atomic E-state index is -0.144. The summed E-state index contributed by atoms with van der Waals surface area (Å²) in [5.74, 6) is 0.445. The molecule has 2 heteroatoms. The summed E-state index contributed by atoms with van der Waals surface area (Å²) in [5.41, 5.74) is 2.94. The zero-order chi connectivity index (χ0) is 15.1. The van der Waals surface area contributed by atoms with Crippen LogP contribution in [-0.2, 0) is 0 Å². The summed E-state index contributed by atoms with van der Waals surface area (Å²) in [6, 6.07) is 5.52. The average Bonchev–Trinajstić information content (AvgIpc) is 2.73. The molecule has 1 saturated carbocycles. The van der Waals surface area contributed by atoms with Gasteiger partial charge < -0.3 is 5.32 Å². The molecule has 1 aromatic carbocycles. The molecular formula is C18H28FN. The lowest BCUT2D eigenvalue weighted by Gasteiger charge is -2.23. The van der Waals surface area contributed by atoms with E-state index in [4.69, 9.17) is 0 Å². The SMILES string of the molecule is CCCNC(c1ccc(F)cc1C)C1C(C)(C)C1(C)C. The zero-order valence-corrected chi connectivity index (χ0v) is 13.7. The maximum Gasteiger partial charge on any atom is 0.123 e. The number of nitrogens with one attached hydrogen (secondary N) is 1. The fourth-order valence-corrected chi connectivity index (χ4v) is 3.78. The minimum absolute atomic E-state index is 0.144. The fourth-order valence-electron chi connectivity index (χ4n) is 3.78. The Bertz CT molecular complexity index is 476. The molecule has 1 fully saturated rings. The van der Waals surface area contributed by atoms with Crippen molar-refractivity contribution in [3.63, 3.8) is 0 Å². The normalized spacial score (nSPS) is 21.8. The van der Waals surface area contributed by atoms with Crippen molar-refractivity contribution >= 4 is 0 Å². The van der Waals surface area contributed by atoms with Gasteiger partial charge in [0.05, 0.1) is 0 Å². The lowest BCUT2D eigenvalue weighted by Crippen LogP contribution is -2.27. The quantitative estimate of drug-likeness (QED) is 0.810. The van der Waals surface area contributed by atoms with E-state index < -0.39 is 0 Å². The van der Waals surface area contributed by atoms with Crippen molar-refractivity contribution < 1.29 is 4.39 Å². The summed E-state index contributed by atoms with van der Waals surface area (Å²) in [7, 11) is 0. The predicted octanol–water partition coefficient (Wildman–Crippen LogP) is 4.86. The molecule has 0 aromatic heterocycles. The van der Waals surface area contributed by atoms with E-state index in [1.807, 2.05) is 13.0 Å². The molecule has 2 rings (SSSR count). The van der Waals surface area contributed by atoms with Crippen LogP contribution in [0.4, 0.5) is 4.39 Å². The summed E-state index contributed by atoms with van der Waals surface area (Å²) >= 11 is 0. The first kappa shape index (κ1) is 15.5. The highest BCUT2D eigenvalue weighted by Gasteiger charge is 2.67. The molecule has 0 amide bonds. The summed E-state index contributed by atoms with van der Waals surface area (Å²) in [6.45, 7) is 14.6. The van der Waals surface area contributed by atoms with Gasteiger partial charge in [-0.2, -0.15) is 0 Å². The minimum Gasteiger partial charge on any atom is -0.310 e. The standard InChI is InChI=1S/C18H28FN/c1-7-10-20-15(16-17(3,4)18(16,5)6)14-9-8-13(19)11-12(14)2/h8-9,11,15-16,20H,7,10H2,1-6H3. The summed E-state index contributed by atoms with van der Waals surface area (Å²) < 4.78 is 13.4. The summed E-state index contributed by atoms with van der Waals surface area (Å²) in [4.78, 5) is 0. The second-order valence-electron chi connectivity index (χ2n) is 7.35. The van der Waals surface area contributed by atoms with Crippen LogP contribution in [0.1, 0.15) is 58.2 Å². The highest BCUT2D eigenvalue weighted by Crippen LogP contribution is 2.72. The molecular weight excluding hydrogens is 249 g/mol. The maximum absolute atomic E-state index is 13.4. The van der Waals surface area contributed by atoms with Crippen molar-refractivity contribution in [1.29, 1.82) is 0 Å². The van der Waals surface area contributed by atoms with Crippen LogP contribution in [0.5, 0.6) is 0 Å². The van der Waals surface area contributed by atoms with E-state index >= 15 is 0 Å². The third kappa shape index (κ3) is 2.39. The number of benzene rings is 1. The predicted molar refractivity (Wildman–Crippen MR) is 83.2 cm³/mol. The zero-order valence-electron chi connectivity index (χ0n) is 13.7. The monoisotopic (exact) mass is 277 g/mol. The van der Waals surface area contributed by atoms with Crippen molar-refractivity contribution in [2.45, 2.75) is 54.0 Å². The van der Waals surface area contributed by atoms with Crippen LogP contribution in [0.2, 0.25) is 0 Å². The second kappa shape index (κ2) is 5.14. The van der Waals surface area contributed by atoms with Crippen molar-refractivity contribution in [3.05, 3.63) is 35.1 Å². The second-order valence-corrected chi connectivity index (χ2v) is 7.35. The third-order valence-corrected chi connectivity index (χ3v) is 5.65. The Morgan fingerprint density at radius 3 is 2.25 bits per heavy atom. The Balaban J connectivity index is 2.34. The molecule has 0 aliphatic heterocycles. The van der Waals surface area contributed by atoms with Gasteiger partial charge in [0.1, 0.15) is 5.82 Å². The Morgan fingerprint density at radius 1 is 1.20 bits per heavy atom. The first-order chi connectivity index (χ1) is 9.23. The van der Waals surface area contributed by atoms with E-state index in [2.05, 4.69) is 39.9 Å².